The second-order valence-electron chi connectivity index (χ2n) is 2.94. The van der Waals surface area contributed by atoms with Crippen molar-refractivity contribution in [1.82, 2.24) is 0 Å². The van der Waals surface area contributed by atoms with Crippen LogP contribution in [0, 0.1) is 0 Å². The van der Waals surface area contributed by atoms with Crippen molar-refractivity contribution in [3.8, 4) is 0 Å². The van der Waals surface area contributed by atoms with E-state index in [2.05, 4.69) is 6.58 Å². The molecule has 0 radical (unpaired) electrons. The van der Waals surface area contributed by atoms with Crippen molar-refractivity contribution in [1.29, 1.82) is 0 Å². The van der Waals surface area contributed by atoms with Crippen molar-refractivity contribution in [2.24, 2.45) is 0 Å². The van der Waals surface area contributed by atoms with E-state index in [1.807, 2.05) is 0 Å². The van der Waals surface area contributed by atoms with Crippen LogP contribution in [-0.4, -0.2) is 83.8 Å². The van der Waals surface area contributed by atoms with Gasteiger partial charge in [-0.15, -0.1) is 6.58 Å². The fourth-order valence-corrected chi connectivity index (χ4v) is 4.22. The first-order valence-corrected chi connectivity index (χ1v) is 7.00. The molecule has 0 aliphatic heterocycles. The van der Waals surface area contributed by atoms with E-state index in [0.717, 1.165) is 0 Å². The Balaban J connectivity index is 0. The van der Waals surface area contributed by atoms with E-state index in [0.29, 0.717) is 6.08 Å². The monoisotopic (exact) mass is 360 g/mol. The fraction of sp³-hybridized carbons (Fsp3) is 0.667. The van der Waals surface area contributed by atoms with Crippen molar-refractivity contribution in [2.75, 3.05) is 0 Å². The normalized spacial score (nSPS) is 14.1. The minimum atomic E-state index is -6.52. The molecule has 0 spiro atoms. The summed E-state index contributed by atoms with van der Waals surface area (Å²) < 4.78 is 112. The number of alkyl halides is 6. The average molecular weight is 360 g/mol. The number of rotatable bonds is 4. The summed E-state index contributed by atoms with van der Waals surface area (Å²) in [6, 6.07) is 0. The molecule has 110 valence electrons. The molecule has 0 unspecified atom stereocenters. The fourth-order valence-electron chi connectivity index (χ4n) is 0.854. The van der Waals surface area contributed by atoms with Gasteiger partial charge in [0.25, 0.3) is 19.7 Å². The molecule has 0 saturated heterocycles. The van der Waals surface area contributed by atoms with Gasteiger partial charge in [0, 0.05) is 0 Å². The SMILES string of the molecule is C=CCC(S(=O)(=O)C(F)(F)F)S(=O)(=O)C(F)(F)F.[KH]. The van der Waals surface area contributed by atoms with Gasteiger partial charge >= 0.3 is 62.4 Å². The zero-order chi connectivity index (χ0) is 15.0. The Labute approximate surface area is 147 Å². The average Bonchev–Trinajstić information content (AvgIpc) is 2.09. The van der Waals surface area contributed by atoms with Gasteiger partial charge < -0.3 is 0 Å². The third-order valence-corrected chi connectivity index (χ3v) is 6.28. The maximum absolute atomic E-state index is 12.1. The molecule has 0 aromatic carbocycles. The van der Waals surface area contributed by atoms with Gasteiger partial charge in [0.2, 0.25) is 0 Å². The molecule has 4 nitrogen and oxygen atoms in total. The number of sulfone groups is 2. The van der Waals surface area contributed by atoms with Gasteiger partial charge in [-0.1, -0.05) is 6.08 Å². The summed E-state index contributed by atoms with van der Waals surface area (Å²) in [5.74, 6) is 0. The quantitative estimate of drug-likeness (QED) is 0.428. The van der Waals surface area contributed by atoms with Crippen molar-refractivity contribution >= 4 is 71.1 Å². The first-order valence-electron chi connectivity index (χ1n) is 3.90. The van der Waals surface area contributed by atoms with Crippen LogP contribution in [0.4, 0.5) is 26.3 Å². The van der Waals surface area contributed by atoms with Gasteiger partial charge in [-0.25, -0.2) is 16.8 Å². The molecule has 0 N–H and O–H groups in total. The zero-order valence-corrected chi connectivity index (χ0v) is 9.92. The summed E-state index contributed by atoms with van der Waals surface area (Å²) >= 11 is 0. The van der Waals surface area contributed by atoms with Crippen LogP contribution in [0.15, 0.2) is 12.7 Å². The number of allylic oxidation sites excluding steroid dienone is 1. The second kappa shape index (κ2) is 6.74. The molecule has 0 amide bonds. The summed E-state index contributed by atoms with van der Waals surface area (Å²) in [4.78, 5) is 0. The first kappa shape index (κ1) is 22.1. The van der Waals surface area contributed by atoms with Crippen molar-refractivity contribution in [3.05, 3.63) is 12.7 Å². The predicted molar refractivity (Wildman–Crippen MR) is 55.7 cm³/mol. The van der Waals surface area contributed by atoms with Crippen molar-refractivity contribution in [3.63, 3.8) is 0 Å². The van der Waals surface area contributed by atoms with Gasteiger partial charge in [-0.05, 0) is 6.42 Å². The Morgan fingerprint density at radius 2 is 1.16 bits per heavy atom. The zero-order valence-electron chi connectivity index (χ0n) is 8.29. The van der Waals surface area contributed by atoms with E-state index in [-0.39, 0.29) is 51.4 Å². The van der Waals surface area contributed by atoms with Crippen molar-refractivity contribution < 1.29 is 43.2 Å². The molecule has 0 saturated carbocycles. The van der Waals surface area contributed by atoms with Gasteiger partial charge in [0.1, 0.15) is 0 Å². The van der Waals surface area contributed by atoms with E-state index >= 15 is 0 Å². The van der Waals surface area contributed by atoms with E-state index in [9.17, 15) is 43.2 Å². The van der Waals surface area contributed by atoms with Crippen LogP contribution in [0.25, 0.3) is 0 Å². The predicted octanol–water partition coefficient (Wildman–Crippen LogP) is 1.11. The van der Waals surface area contributed by atoms with Crippen LogP contribution >= 0.6 is 0 Å². The van der Waals surface area contributed by atoms with Crippen LogP contribution in [-0.2, 0) is 19.7 Å². The van der Waals surface area contributed by atoms with E-state index in [1.165, 1.54) is 0 Å². The Morgan fingerprint density at radius 1 is 0.895 bits per heavy atom. The molecular formula is C6H7F6KO4S2. The molecule has 13 heteroatoms. The Hall–Kier alpha value is 0.856. The third kappa shape index (κ3) is 4.67. The summed E-state index contributed by atoms with van der Waals surface area (Å²) in [5, 5.41) is 0. The molecule has 0 aliphatic carbocycles. The number of hydrogen-bond acceptors (Lipinski definition) is 4. The molecule has 19 heavy (non-hydrogen) atoms. The molecule has 0 aliphatic rings. The summed E-state index contributed by atoms with van der Waals surface area (Å²) in [6.07, 6.45) is -1.18. The van der Waals surface area contributed by atoms with Crippen LogP contribution in [0.5, 0.6) is 0 Å². The molecule has 0 aromatic rings. The van der Waals surface area contributed by atoms with Crippen LogP contribution in [0.1, 0.15) is 6.42 Å². The van der Waals surface area contributed by atoms with Gasteiger partial charge in [0.05, 0.1) is 0 Å². The summed E-state index contributed by atoms with van der Waals surface area (Å²) in [6.45, 7) is 2.73. The van der Waals surface area contributed by atoms with E-state index in [4.69, 9.17) is 0 Å². The molecule has 0 atom stereocenters. The first-order chi connectivity index (χ1) is 7.69. The molecule has 0 fully saturated rings. The van der Waals surface area contributed by atoms with Gasteiger partial charge in [-0.2, -0.15) is 26.3 Å². The number of hydrogen-bond donors (Lipinski definition) is 0. The summed E-state index contributed by atoms with van der Waals surface area (Å²) in [5.41, 5.74) is -12.2. The minimum absolute atomic E-state index is 0. The standard InChI is InChI=1S/C6H6F6O4S2.K.H/c1-2-3-4(17(13,14)5(7,8)9)18(15,16)6(10,11)12;;/h2,4H,1,3H2;;. The molecule has 0 aromatic heterocycles. The van der Waals surface area contributed by atoms with Gasteiger partial charge in [-0.3, -0.25) is 0 Å². The van der Waals surface area contributed by atoms with E-state index in [1.54, 1.807) is 0 Å². The Morgan fingerprint density at radius 3 is 1.32 bits per heavy atom. The second-order valence-corrected chi connectivity index (χ2v) is 7.48. The van der Waals surface area contributed by atoms with Crippen molar-refractivity contribution in [2.45, 2.75) is 22.0 Å². The third-order valence-electron chi connectivity index (χ3n) is 1.70. The molecule has 0 bridgehead atoms. The van der Waals surface area contributed by atoms with Crippen LogP contribution in [0.3, 0.4) is 0 Å². The Kier molecular flexibility index (Phi) is 7.86. The number of halogens is 6. The maximum atomic E-state index is 12.1. The van der Waals surface area contributed by atoms with Crippen LogP contribution < -0.4 is 0 Å². The van der Waals surface area contributed by atoms with E-state index < -0.39 is 41.7 Å². The van der Waals surface area contributed by atoms with Crippen LogP contribution in [0.2, 0.25) is 0 Å². The molecule has 0 heterocycles. The Bertz CT molecular complexity index is 473. The topological polar surface area (TPSA) is 68.3 Å². The summed E-state index contributed by atoms with van der Waals surface area (Å²) in [7, 11) is -13.0. The molecular weight excluding hydrogens is 353 g/mol. The van der Waals surface area contributed by atoms with Gasteiger partial charge in [0.15, 0.2) is 4.58 Å². The molecule has 0 rings (SSSR count).